The summed E-state index contributed by atoms with van der Waals surface area (Å²) in [6, 6.07) is 7.34. The maximum Gasteiger partial charge on any atom is 0.242 e. The first-order valence-corrected chi connectivity index (χ1v) is 8.80. The molecule has 22 heavy (non-hydrogen) atoms. The molecule has 1 aliphatic rings. The van der Waals surface area contributed by atoms with Crippen LogP contribution in [0.5, 0.6) is 0 Å². The lowest BCUT2D eigenvalue weighted by Gasteiger charge is -2.13. The van der Waals surface area contributed by atoms with E-state index in [9.17, 15) is 9.59 Å². The van der Waals surface area contributed by atoms with Crippen molar-refractivity contribution >= 4 is 50.4 Å². The second kappa shape index (κ2) is 7.78. The van der Waals surface area contributed by atoms with E-state index in [1.54, 1.807) is 4.90 Å². The molecular formula is C15H18BrN3O2S. The lowest BCUT2D eigenvalue weighted by molar-refractivity contribution is -0.128. The predicted octanol–water partition coefficient (Wildman–Crippen LogP) is 3.12. The van der Waals surface area contributed by atoms with Crippen LogP contribution in [0.25, 0.3) is 0 Å². The number of rotatable bonds is 5. The normalized spacial score (nSPS) is 19.8. The number of carbonyl (C=O) groups excluding carboxylic acids is 2. The Morgan fingerprint density at radius 3 is 2.64 bits per heavy atom. The number of nitrogens with zero attached hydrogens (tertiary/aromatic N) is 2. The first-order valence-electron chi connectivity index (χ1n) is 7.13. The Hall–Kier alpha value is -1.34. The van der Waals surface area contributed by atoms with Gasteiger partial charge in [0.05, 0.1) is 0 Å². The van der Waals surface area contributed by atoms with Crippen LogP contribution >= 0.6 is 27.7 Å². The first-order chi connectivity index (χ1) is 10.5. The average Bonchev–Trinajstić information content (AvgIpc) is 2.77. The Labute approximate surface area is 142 Å². The molecule has 1 aromatic rings. The van der Waals surface area contributed by atoms with E-state index in [2.05, 4.69) is 26.2 Å². The Kier molecular flexibility index (Phi) is 6.02. The molecule has 1 fully saturated rings. The van der Waals surface area contributed by atoms with Crippen LogP contribution in [0.4, 0.5) is 5.69 Å². The summed E-state index contributed by atoms with van der Waals surface area (Å²) in [5, 5.41) is 3.14. The highest BCUT2D eigenvalue weighted by atomic mass is 79.9. The summed E-state index contributed by atoms with van der Waals surface area (Å²) in [7, 11) is 0. The fraction of sp³-hybridized carbons (Fsp3) is 0.400. The number of carbonyl (C=O) groups is 2. The molecule has 0 spiro atoms. The van der Waals surface area contributed by atoms with Crippen molar-refractivity contribution in [3.63, 3.8) is 0 Å². The minimum absolute atomic E-state index is 0.0364. The summed E-state index contributed by atoms with van der Waals surface area (Å²) in [6.45, 7) is 5.05. The van der Waals surface area contributed by atoms with E-state index in [0.29, 0.717) is 13.1 Å². The Balaban J connectivity index is 1.98. The molecule has 0 radical (unpaired) electrons. The second-order valence-corrected chi connectivity index (χ2v) is 6.79. The molecule has 5 nitrogen and oxygen atoms in total. The number of hydrogen-bond donors (Lipinski definition) is 1. The van der Waals surface area contributed by atoms with Crippen molar-refractivity contribution < 1.29 is 9.59 Å². The van der Waals surface area contributed by atoms with Crippen LogP contribution in [0.2, 0.25) is 0 Å². The van der Waals surface area contributed by atoms with Crippen molar-refractivity contribution in [3.05, 3.63) is 28.7 Å². The zero-order chi connectivity index (χ0) is 16.1. The minimum Gasteiger partial charge on any atom is -0.326 e. The predicted molar refractivity (Wildman–Crippen MR) is 94.1 cm³/mol. The molecule has 1 N–H and O–H groups in total. The van der Waals surface area contributed by atoms with E-state index < -0.39 is 0 Å². The molecule has 1 heterocycles. The maximum atomic E-state index is 12.3. The number of aliphatic imine (C=N–C) groups is 1. The summed E-state index contributed by atoms with van der Waals surface area (Å²) in [5.41, 5.74) is 0.721. The van der Waals surface area contributed by atoms with Gasteiger partial charge in [0.25, 0.3) is 0 Å². The van der Waals surface area contributed by atoms with E-state index in [1.807, 2.05) is 38.1 Å². The number of halogens is 1. The summed E-state index contributed by atoms with van der Waals surface area (Å²) in [6.07, 6.45) is 0.152. The van der Waals surface area contributed by atoms with Gasteiger partial charge >= 0.3 is 0 Å². The third kappa shape index (κ3) is 4.10. The Morgan fingerprint density at radius 1 is 1.36 bits per heavy atom. The molecule has 0 bridgehead atoms. The molecule has 118 valence electrons. The van der Waals surface area contributed by atoms with Crippen LogP contribution in [0.15, 0.2) is 33.7 Å². The molecule has 1 atom stereocenters. The number of benzene rings is 1. The fourth-order valence-electron chi connectivity index (χ4n) is 2.10. The lowest BCUT2D eigenvalue weighted by atomic mass is 10.2. The van der Waals surface area contributed by atoms with Crippen molar-refractivity contribution in [2.75, 3.05) is 18.4 Å². The van der Waals surface area contributed by atoms with E-state index >= 15 is 0 Å². The van der Waals surface area contributed by atoms with Gasteiger partial charge in [0.15, 0.2) is 5.17 Å². The summed E-state index contributed by atoms with van der Waals surface area (Å²) >= 11 is 4.72. The number of anilines is 1. The molecule has 1 unspecified atom stereocenters. The number of amidine groups is 1. The minimum atomic E-state index is -0.388. The van der Waals surface area contributed by atoms with Crippen LogP contribution in [0, 0.1) is 0 Å². The number of nitrogens with one attached hydrogen (secondary N) is 1. The van der Waals surface area contributed by atoms with Crippen LogP contribution < -0.4 is 5.32 Å². The standard InChI is InChI=1S/C15H18BrN3O2S/c1-3-17-15-19(4-2)14(21)12(22-15)9-13(20)18-11-7-5-10(16)6-8-11/h5-8,12H,3-4,9H2,1-2H3,(H,18,20). The van der Waals surface area contributed by atoms with Crippen LogP contribution in [0.1, 0.15) is 20.3 Å². The highest BCUT2D eigenvalue weighted by Crippen LogP contribution is 2.29. The van der Waals surface area contributed by atoms with E-state index in [1.165, 1.54) is 11.8 Å². The molecule has 2 rings (SSSR count). The first kappa shape index (κ1) is 17.0. The van der Waals surface area contributed by atoms with Crippen molar-refractivity contribution in [3.8, 4) is 0 Å². The average molecular weight is 384 g/mol. The van der Waals surface area contributed by atoms with E-state index in [0.717, 1.165) is 15.3 Å². The van der Waals surface area contributed by atoms with Gasteiger partial charge in [0, 0.05) is 29.7 Å². The smallest absolute Gasteiger partial charge is 0.242 e. The Morgan fingerprint density at radius 2 is 2.05 bits per heavy atom. The molecule has 1 saturated heterocycles. The molecule has 7 heteroatoms. The number of hydrogen-bond acceptors (Lipinski definition) is 4. The third-order valence-corrected chi connectivity index (χ3v) is 4.87. The SMILES string of the molecule is CCN=C1SC(CC(=O)Nc2ccc(Br)cc2)C(=O)N1CC. The zero-order valence-corrected chi connectivity index (χ0v) is 14.9. The van der Waals surface area contributed by atoms with Crippen LogP contribution in [-0.2, 0) is 9.59 Å². The summed E-state index contributed by atoms with van der Waals surface area (Å²) in [4.78, 5) is 30.4. The lowest BCUT2D eigenvalue weighted by Crippen LogP contribution is -2.33. The van der Waals surface area contributed by atoms with Gasteiger partial charge in [-0.05, 0) is 38.1 Å². The molecular weight excluding hydrogens is 366 g/mol. The van der Waals surface area contributed by atoms with Gasteiger partial charge in [-0.25, -0.2) is 0 Å². The van der Waals surface area contributed by atoms with Crippen molar-refractivity contribution in [1.82, 2.24) is 4.90 Å². The molecule has 2 amide bonds. The second-order valence-electron chi connectivity index (χ2n) is 4.71. The quantitative estimate of drug-likeness (QED) is 0.849. The topological polar surface area (TPSA) is 61.8 Å². The number of thioether (sulfide) groups is 1. The van der Waals surface area contributed by atoms with Gasteiger partial charge in [0.1, 0.15) is 5.25 Å². The molecule has 0 aromatic heterocycles. The third-order valence-electron chi connectivity index (χ3n) is 3.13. The van der Waals surface area contributed by atoms with E-state index in [-0.39, 0.29) is 23.5 Å². The fourth-order valence-corrected chi connectivity index (χ4v) is 3.63. The van der Waals surface area contributed by atoms with Crippen LogP contribution in [0.3, 0.4) is 0 Å². The van der Waals surface area contributed by atoms with Crippen molar-refractivity contribution in [1.29, 1.82) is 0 Å². The van der Waals surface area contributed by atoms with Gasteiger partial charge in [-0.3, -0.25) is 19.5 Å². The van der Waals surface area contributed by atoms with Crippen LogP contribution in [-0.4, -0.2) is 40.2 Å². The summed E-state index contributed by atoms with van der Waals surface area (Å²) < 4.78 is 0.950. The number of amides is 2. The molecule has 0 aliphatic carbocycles. The van der Waals surface area contributed by atoms with Crippen molar-refractivity contribution in [2.24, 2.45) is 4.99 Å². The highest BCUT2D eigenvalue weighted by molar-refractivity contribution is 9.10. The largest absolute Gasteiger partial charge is 0.326 e. The van der Waals surface area contributed by atoms with Crippen molar-refractivity contribution in [2.45, 2.75) is 25.5 Å². The maximum absolute atomic E-state index is 12.3. The Bertz CT molecular complexity index is 589. The highest BCUT2D eigenvalue weighted by Gasteiger charge is 2.37. The molecule has 1 aromatic carbocycles. The van der Waals surface area contributed by atoms with Gasteiger partial charge in [-0.15, -0.1) is 0 Å². The van der Waals surface area contributed by atoms with Gasteiger partial charge < -0.3 is 5.32 Å². The molecule has 0 saturated carbocycles. The zero-order valence-electron chi connectivity index (χ0n) is 12.5. The van der Waals surface area contributed by atoms with E-state index in [4.69, 9.17) is 0 Å². The van der Waals surface area contributed by atoms with Gasteiger partial charge in [-0.1, -0.05) is 27.7 Å². The van der Waals surface area contributed by atoms with Gasteiger partial charge in [0.2, 0.25) is 11.8 Å². The summed E-state index contributed by atoms with van der Waals surface area (Å²) in [5.74, 6) is -0.201. The molecule has 1 aliphatic heterocycles. The monoisotopic (exact) mass is 383 g/mol. The van der Waals surface area contributed by atoms with Gasteiger partial charge in [-0.2, -0.15) is 0 Å².